The summed E-state index contributed by atoms with van der Waals surface area (Å²) in [6.45, 7) is 1.51. The Morgan fingerprint density at radius 2 is 1.13 bits per heavy atom. The van der Waals surface area contributed by atoms with Crippen molar-refractivity contribution in [2.45, 2.75) is 32.6 Å². The van der Waals surface area contributed by atoms with Crippen molar-refractivity contribution in [3.8, 4) is 22.6 Å². The maximum Gasteiger partial charge on any atom is 0.343 e. The Balaban J connectivity index is 1.47. The smallest absolute Gasteiger partial charge is 0.343 e. The number of carbonyl (C=O) groups excluding carboxylic acids is 2. The summed E-state index contributed by atoms with van der Waals surface area (Å²) in [5, 5.41) is 0. The molecule has 2 aliphatic carbocycles. The van der Waals surface area contributed by atoms with Gasteiger partial charge in [0.05, 0.1) is 12.7 Å². The molecule has 30 heavy (non-hydrogen) atoms. The largest absolute Gasteiger partial charge is 0.497 e. The van der Waals surface area contributed by atoms with Gasteiger partial charge in [0.25, 0.3) is 0 Å². The van der Waals surface area contributed by atoms with E-state index in [4.69, 9.17) is 9.47 Å². The van der Waals surface area contributed by atoms with Crippen LogP contribution in [0.1, 0.15) is 49.9 Å². The average molecular weight is 398 g/mol. The first-order valence-corrected chi connectivity index (χ1v) is 10.2. The average Bonchev–Trinajstić information content (AvgIpc) is 2.77. The molecule has 3 aromatic rings. The van der Waals surface area contributed by atoms with E-state index in [2.05, 4.69) is 12.1 Å². The van der Waals surface area contributed by atoms with Crippen LogP contribution < -0.4 is 9.47 Å². The zero-order valence-corrected chi connectivity index (χ0v) is 17.1. The molecule has 2 aliphatic rings. The predicted octanol–water partition coefficient (Wildman–Crippen LogP) is 4.98. The summed E-state index contributed by atoms with van der Waals surface area (Å²) >= 11 is 0. The van der Waals surface area contributed by atoms with Gasteiger partial charge in [-0.05, 0) is 102 Å². The van der Waals surface area contributed by atoms with Crippen LogP contribution in [0.25, 0.3) is 11.1 Å². The summed E-state index contributed by atoms with van der Waals surface area (Å²) in [4.78, 5) is 24.1. The van der Waals surface area contributed by atoms with Crippen molar-refractivity contribution in [1.29, 1.82) is 0 Å². The SMILES string of the molecule is COc1cc2c3c(c1)CCc1cc(OC(=O)c4ccc(C(C)=O)cc4)cc(c1-3)CC2. The molecular weight excluding hydrogens is 376 g/mol. The normalized spacial score (nSPS) is 13.4. The number of rotatable bonds is 4. The molecule has 5 rings (SSSR count). The fourth-order valence-electron chi connectivity index (χ4n) is 4.62. The van der Waals surface area contributed by atoms with Gasteiger partial charge >= 0.3 is 5.97 Å². The summed E-state index contributed by atoms with van der Waals surface area (Å²) in [6, 6.07) is 14.9. The zero-order valence-electron chi connectivity index (χ0n) is 17.1. The molecular formula is C26H22O4. The van der Waals surface area contributed by atoms with Crippen molar-refractivity contribution in [3.05, 3.63) is 81.9 Å². The van der Waals surface area contributed by atoms with Gasteiger partial charge in [0, 0.05) is 5.56 Å². The number of hydrogen-bond donors (Lipinski definition) is 0. The molecule has 0 saturated carbocycles. The van der Waals surface area contributed by atoms with E-state index >= 15 is 0 Å². The van der Waals surface area contributed by atoms with Crippen LogP contribution in [-0.4, -0.2) is 18.9 Å². The molecule has 0 amide bonds. The molecule has 4 nitrogen and oxygen atoms in total. The number of hydrogen-bond acceptors (Lipinski definition) is 4. The van der Waals surface area contributed by atoms with E-state index in [0.29, 0.717) is 16.9 Å². The predicted molar refractivity (Wildman–Crippen MR) is 115 cm³/mol. The van der Waals surface area contributed by atoms with Gasteiger partial charge in [-0.3, -0.25) is 4.79 Å². The van der Waals surface area contributed by atoms with E-state index in [1.807, 2.05) is 12.1 Å². The van der Waals surface area contributed by atoms with Crippen LogP contribution in [0.2, 0.25) is 0 Å². The second-order valence-electron chi connectivity index (χ2n) is 7.96. The van der Waals surface area contributed by atoms with Gasteiger partial charge in [0.1, 0.15) is 11.5 Å². The van der Waals surface area contributed by atoms with Gasteiger partial charge in [-0.1, -0.05) is 12.1 Å². The van der Waals surface area contributed by atoms with Crippen molar-refractivity contribution < 1.29 is 19.1 Å². The molecule has 0 unspecified atom stereocenters. The first-order valence-electron chi connectivity index (χ1n) is 10.2. The number of Topliss-reactive ketones (excluding diaryl/α,β-unsaturated/α-hetero) is 1. The fourth-order valence-corrected chi connectivity index (χ4v) is 4.62. The van der Waals surface area contributed by atoms with Crippen molar-refractivity contribution >= 4 is 11.8 Å². The third-order valence-corrected chi connectivity index (χ3v) is 6.10. The molecule has 0 aromatic heterocycles. The van der Waals surface area contributed by atoms with E-state index in [-0.39, 0.29) is 5.78 Å². The molecule has 150 valence electrons. The first kappa shape index (κ1) is 18.6. The van der Waals surface area contributed by atoms with Gasteiger partial charge in [-0.2, -0.15) is 0 Å². The van der Waals surface area contributed by atoms with Crippen molar-refractivity contribution in [3.63, 3.8) is 0 Å². The van der Waals surface area contributed by atoms with Crippen LogP contribution in [0, 0.1) is 0 Å². The van der Waals surface area contributed by atoms with E-state index in [0.717, 1.165) is 31.4 Å². The van der Waals surface area contributed by atoms with Crippen LogP contribution in [0.5, 0.6) is 11.5 Å². The van der Waals surface area contributed by atoms with Crippen LogP contribution in [-0.2, 0) is 25.7 Å². The topological polar surface area (TPSA) is 52.6 Å². The Bertz CT molecular complexity index is 1140. The standard InChI is InChI=1S/C26H22O4/c1-15(27)16-3-5-17(6-4-16)26(28)30-23-13-20-9-7-18-11-22(29-2)12-19-8-10-21(14-23)25(20)24(18)19/h3-6,11-14H,7-10H2,1-2H3. The van der Waals surface area contributed by atoms with Gasteiger partial charge < -0.3 is 9.47 Å². The number of esters is 1. The second-order valence-corrected chi connectivity index (χ2v) is 7.96. The third kappa shape index (κ3) is 3.09. The lowest BCUT2D eigenvalue weighted by Gasteiger charge is -2.30. The Kier molecular flexibility index (Phi) is 4.43. The zero-order chi connectivity index (χ0) is 20.8. The summed E-state index contributed by atoms with van der Waals surface area (Å²) in [5.41, 5.74) is 8.83. The number of ketones is 1. The van der Waals surface area contributed by atoms with E-state index in [9.17, 15) is 9.59 Å². The monoisotopic (exact) mass is 398 g/mol. The Labute approximate surface area is 175 Å². The van der Waals surface area contributed by atoms with E-state index < -0.39 is 5.97 Å². The molecule has 3 aromatic carbocycles. The first-order chi connectivity index (χ1) is 14.5. The Hall–Kier alpha value is -3.40. The number of carbonyl (C=O) groups is 2. The van der Waals surface area contributed by atoms with Crippen molar-refractivity contribution in [2.24, 2.45) is 0 Å². The maximum absolute atomic E-state index is 12.6. The minimum atomic E-state index is -0.408. The summed E-state index contributed by atoms with van der Waals surface area (Å²) in [6.07, 6.45) is 3.74. The number of benzene rings is 3. The molecule has 0 heterocycles. The van der Waals surface area contributed by atoms with Crippen LogP contribution in [0.4, 0.5) is 0 Å². The molecule has 0 bridgehead atoms. The highest BCUT2D eigenvalue weighted by molar-refractivity contribution is 5.96. The summed E-state index contributed by atoms with van der Waals surface area (Å²) < 4.78 is 11.2. The minimum Gasteiger partial charge on any atom is -0.497 e. The Morgan fingerprint density at radius 1 is 0.700 bits per heavy atom. The lowest BCUT2D eigenvalue weighted by Crippen LogP contribution is -2.16. The van der Waals surface area contributed by atoms with Gasteiger partial charge in [0.15, 0.2) is 5.78 Å². The lowest BCUT2D eigenvalue weighted by molar-refractivity contribution is 0.0734. The number of ether oxygens (including phenoxy) is 2. The van der Waals surface area contributed by atoms with Gasteiger partial charge in [0.2, 0.25) is 0 Å². The molecule has 0 radical (unpaired) electrons. The third-order valence-electron chi connectivity index (χ3n) is 6.10. The quantitative estimate of drug-likeness (QED) is 0.353. The molecule has 4 heteroatoms. The summed E-state index contributed by atoms with van der Waals surface area (Å²) in [5.74, 6) is 1.08. The highest BCUT2D eigenvalue weighted by atomic mass is 16.5. The maximum atomic E-state index is 12.6. The Morgan fingerprint density at radius 3 is 1.57 bits per heavy atom. The van der Waals surface area contributed by atoms with Crippen molar-refractivity contribution in [1.82, 2.24) is 0 Å². The van der Waals surface area contributed by atoms with Gasteiger partial charge in [-0.25, -0.2) is 4.79 Å². The molecule has 0 aliphatic heterocycles. The van der Waals surface area contributed by atoms with Crippen molar-refractivity contribution in [2.75, 3.05) is 7.11 Å². The number of aryl methyl sites for hydroxylation is 4. The molecule has 0 fully saturated rings. The minimum absolute atomic E-state index is 0.0269. The van der Waals surface area contributed by atoms with Crippen LogP contribution >= 0.6 is 0 Å². The van der Waals surface area contributed by atoms with E-state index in [1.54, 1.807) is 31.4 Å². The lowest BCUT2D eigenvalue weighted by atomic mass is 9.75. The van der Waals surface area contributed by atoms with Crippen LogP contribution in [0.3, 0.4) is 0 Å². The summed E-state index contributed by atoms with van der Waals surface area (Å²) in [7, 11) is 1.72. The van der Waals surface area contributed by atoms with Gasteiger partial charge in [-0.15, -0.1) is 0 Å². The number of methoxy groups -OCH3 is 1. The van der Waals surface area contributed by atoms with E-state index in [1.165, 1.54) is 40.3 Å². The second kappa shape index (κ2) is 7.13. The highest BCUT2D eigenvalue weighted by Gasteiger charge is 2.27. The molecule has 0 saturated heterocycles. The fraction of sp³-hybridized carbons (Fsp3) is 0.231. The molecule has 0 spiro atoms. The molecule has 0 N–H and O–H groups in total. The molecule has 0 atom stereocenters. The highest BCUT2D eigenvalue weighted by Crippen LogP contribution is 2.45. The van der Waals surface area contributed by atoms with Crippen LogP contribution in [0.15, 0.2) is 48.5 Å².